The Bertz CT molecular complexity index is 957. The van der Waals surface area contributed by atoms with Gasteiger partial charge in [-0.05, 0) is 6.42 Å². The van der Waals surface area contributed by atoms with Gasteiger partial charge in [0.1, 0.15) is 0 Å². The summed E-state index contributed by atoms with van der Waals surface area (Å²) in [5.74, 6) is 2.25. The molecule has 0 spiro atoms. The van der Waals surface area contributed by atoms with Crippen LogP contribution in [0.3, 0.4) is 0 Å². The second kappa shape index (κ2) is 8.99. The molecule has 0 bridgehead atoms. The smallest absolute Gasteiger partial charge is 0.216 e. The van der Waals surface area contributed by atoms with E-state index in [1.54, 1.807) is 23.5 Å². The number of imidazole rings is 1. The van der Waals surface area contributed by atoms with Crippen LogP contribution >= 0.6 is 23.5 Å². The van der Waals surface area contributed by atoms with E-state index in [0.717, 1.165) is 45.6 Å². The van der Waals surface area contributed by atoms with Crippen molar-refractivity contribution in [2.24, 2.45) is 0 Å². The third-order valence-corrected chi connectivity index (χ3v) is 5.93. The zero-order chi connectivity index (χ0) is 19.2. The highest BCUT2D eigenvalue weighted by atomic mass is 32.2. The van der Waals surface area contributed by atoms with Gasteiger partial charge < -0.3 is 10.7 Å². The molecule has 4 rings (SSSR count). The molecule has 6 nitrogen and oxygen atoms in total. The molecular formula is C20H20N6S2. The van der Waals surface area contributed by atoms with Crippen molar-refractivity contribution in [2.75, 3.05) is 17.2 Å². The summed E-state index contributed by atoms with van der Waals surface area (Å²) in [6, 6.07) is 20.6. The van der Waals surface area contributed by atoms with Crippen LogP contribution in [-0.4, -0.2) is 36.7 Å². The van der Waals surface area contributed by atoms with Gasteiger partial charge in [0.15, 0.2) is 5.16 Å². The Morgan fingerprint density at radius 3 is 2.18 bits per heavy atom. The standard InChI is InChI=1S/C20H20N6S2/c21-18-24-20(26-25-18)28-13-7-12-27-19-22-16(14-8-3-1-4-9-14)17(23-19)15-10-5-2-6-11-15/h1-6,8-11H,7,12-13H2,(H,22,23)(H3,21,24,25,26). The van der Waals surface area contributed by atoms with E-state index in [1.807, 2.05) is 36.4 Å². The van der Waals surface area contributed by atoms with E-state index in [2.05, 4.69) is 44.4 Å². The fraction of sp³-hybridized carbons (Fsp3) is 0.150. The van der Waals surface area contributed by atoms with E-state index in [9.17, 15) is 0 Å². The summed E-state index contributed by atoms with van der Waals surface area (Å²) in [5, 5.41) is 8.31. The summed E-state index contributed by atoms with van der Waals surface area (Å²) in [7, 11) is 0. The van der Waals surface area contributed by atoms with Gasteiger partial charge in [0.05, 0.1) is 11.4 Å². The first-order valence-corrected chi connectivity index (χ1v) is 10.9. The predicted octanol–water partition coefficient (Wildman–Crippen LogP) is 4.72. The summed E-state index contributed by atoms with van der Waals surface area (Å²) in [6.07, 6.45) is 1.02. The van der Waals surface area contributed by atoms with E-state index in [1.165, 1.54) is 0 Å². The fourth-order valence-corrected chi connectivity index (χ4v) is 4.49. The van der Waals surface area contributed by atoms with Crippen molar-refractivity contribution >= 4 is 29.5 Å². The average molecular weight is 409 g/mol. The summed E-state index contributed by atoms with van der Waals surface area (Å²) in [4.78, 5) is 12.5. The van der Waals surface area contributed by atoms with Crippen molar-refractivity contribution in [3.05, 3.63) is 60.7 Å². The number of thioether (sulfide) groups is 2. The molecule has 8 heteroatoms. The van der Waals surface area contributed by atoms with Crippen molar-refractivity contribution in [2.45, 2.75) is 16.7 Å². The number of rotatable bonds is 8. The number of H-pyrrole nitrogens is 2. The minimum atomic E-state index is 0.356. The van der Waals surface area contributed by atoms with Crippen LogP contribution in [0.25, 0.3) is 22.5 Å². The van der Waals surface area contributed by atoms with Gasteiger partial charge in [-0.1, -0.05) is 84.2 Å². The lowest BCUT2D eigenvalue weighted by Gasteiger charge is -2.02. The number of anilines is 1. The Morgan fingerprint density at radius 2 is 1.50 bits per heavy atom. The zero-order valence-electron chi connectivity index (χ0n) is 15.1. The number of nitrogens with zero attached hydrogens (tertiary/aromatic N) is 3. The third kappa shape index (κ3) is 4.58. The van der Waals surface area contributed by atoms with Gasteiger partial charge in [0.25, 0.3) is 0 Å². The van der Waals surface area contributed by atoms with Crippen LogP contribution in [0.1, 0.15) is 6.42 Å². The predicted molar refractivity (Wildman–Crippen MR) is 116 cm³/mol. The first kappa shape index (κ1) is 18.6. The largest absolute Gasteiger partial charge is 0.368 e. The van der Waals surface area contributed by atoms with Crippen molar-refractivity contribution in [3.8, 4) is 22.5 Å². The van der Waals surface area contributed by atoms with Crippen LogP contribution in [0.2, 0.25) is 0 Å². The van der Waals surface area contributed by atoms with Gasteiger partial charge in [-0.3, -0.25) is 0 Å². The molecule has 0 amide bonds. The molecule has 4 aromatic rings. The van der Waals surface area contributed by atoms with Gasteiger partial charge in [0.2, 0.25) is 11.1 Å². The third-order valence-electron chi connectivity index (χ3n) is 4.03. The Kier molecular flexibility index (Phi) is 5.98. The molecular weight excluding hydrogens is 388 g/mol. The average Bonchev–Trinajstić information content (AvgIpc) is 3.35. The van der Waals surface area contributed by atoms with Crippen LogP contribution in [-0.2, 0) is 0 Å². The van der Waals surface area contributed by atoms with E-state index in [-0.39, 0.29) is 0 Å². The SMILES string of the molecule is Nc1nc(SCCCSc2nc(-c3ccccc3)c(-c3ccccc3)[nH]2)n[nH]1. The molecule has 0 fully saturated rings. The molecule has 0 aliphatic heterocycles. The lowest BCUT2D eigenvalue weighted by molar-refractivity contribution is 0.969. The topological polar surface area (TPSA) is 96.3 Å². The van der Waals surface area contributed by atoms with Crippen LogP contribution in [0.5, 0.6) is 0 Å². The van der Waals surface area contributed by atoms with Crippen molar-refractivity contribution < 1.29 is 0 Å². The maximum Gasteiger partial charge on any atom is 0.216 e. The Balaban J connectivity index is 1.43. The van der Waals surface area contributed by atoms with Crippen LogP contribution in [0.4, 0.5) is 5.95 Å². The minimum Gasteiger partial charge on any atom is -0.368 e. The van der Waals surface area contributed by atoms with Crippen molar-refractivity contribution in [1.29, 1.82) is 0 Å². The molecule has 0 unspecified atom stereocenters. The van der Waals surface area contributed by atoms with E-state index < -0.39 is 0 Å². The van der Waals surface area contributed by atoms with Crippen LogP contribution in [0, 0.1) is 0 Å². The maximum atomic E-state index is 5.54. The summed E-state index contributed by atoms with van der Waals surface area (Å²) in [5.41, 5.74) is 9.83. The van der Waals surface area contributed by atoms with Crippen LogP contribution < -0.4 is 5.73 Å². The highest BCUT2D eigenvalue weighted by Gasteiger charge is 2.14. The molecule has 2 aromatic carbocycles. The fourth-order valence-electron chi connectivity index (χ4n) is 2.75. The number of hydrogen-bond donors (Lipinski definition) is 3. The number of nitrogen functional groups attached to an aromatic ring is 1. The Labute approximate surface area is 171 Å². The van der Waals surface area contributed by atoms with Gasteiger partial charge in [-0.15, -0.1) is 5.10 Å². The van der Waals surface area contributed by atoms with Gasteiger partial charge in [-0.2, -0.15) is 4.98 Å². The molecule has 0 aliphatic rings. The monoisotopic (exact) mass is 408 g/mol. The number of aromatic nitrogens is 5. The maximum absolute atomic E-state index is 5.54. The number of nitrogens with two attached hydrogens (primary N) is 1. The highest BCUT2D eigenvalue weighted by Crippen LogP contribution is 2.32. The first-order valence-electron chi connectivity index (χ1n) is 8.94. The Morgan fingerprint density at radius 1 is 0.821 bits per heavy atom. The zero-order valence-corrected chi connectivity index (χ0v) is 16.8. The highest BCUT2D eigenvalue weighted by molar-refractivity contribution is 8.00. The molecule has 0 saturated heterocycles. The summed E-state index contributed by atoms with van der Waals surface area (Å²) >= 11 is 3.33. The number of benzene rings is 2. The van der Waals surface area contributed by atoms with E-state index in [0.29, 0.717) is 11.1 Å². The first-order chi connectivity index (χ1) is 13.8. The van der Waals surface area contributed by atoms with Crippen LogP contribution in [0.15, 0.2) is 71.0 Å². The number of hydrogen-bond acceptors (Lipinski definition) is 6. The summed E-state index contributed by atoms with van der Waals surface area (Å²) in [6.45, 7) is 0. The molecule has 4 N–H and O–H groups in total. The Hall–Kier alpha value is -2.71. The van der Waals surface area contributed by atoms with E-state index >= 15 is 0 Å². The lowest BCUT2D eigenvalue weighted by atomic mass is 10.1. The summed E-state index contributed by atoms with van der Waals surface area (Å²) < 4.78 is 0. The second-order valence-electron chi connectivity index (χ2n) is 6.05. The second-order valence-corrected chi connectivity index (χ2v) is 8.20. The van der Waals surface area contributed by atoms with Gasteiger partial charge in [-0.25, -0.2) is 10.1 Å². The molecule has 28 heavy (non-hydrogen) atoms. The molecule has 0 aliphatic carbocycles. The van der Waals surface area contributed by atoms with Crippen molar-refractivity contribution in [1.82, 2.24) is 25.1 Å². The molecule has 142 valence electrons. The molecule has 2 heterocycles. The number of nitrogens with one attached hydrogen (secondary N) is 2. The van der Waals surface area contributed by atoms with E-state index in [4.69, 9.17) is 10.7 Å². The molecule has 0 atom stereocenters. The quantitative estimate of drug-likeness (QED) is 0.288. The van der Waals surface area contributed by atoms with Gasteiger partial charge >= 0.3 is 0 Å². The lowest BCUT2D eigenvalue weighted by Crippen LogP contribution is -1.87. The molecule has 0 radical (unpaired) electrons. The molecule has 0 saturated carbocycles. The normalized spacial score (nSPS) is 11.0. The minimum absolute atomic E-state index is 0.356. The van der Waals surface area contributed by atoms with Crippen molar-refractivity contribution in [3.63, 3.8) is 0 Å². The van der Waals surface area contributed by atoms with Gasteiger partial charge in [0, 0.05) is 22.6 Å². The number of aromatic amines is 2. The molecule has 2 aromatic heterocycles.